The Morgan fingerprint density at radius 3 is 2.80 bits per heavy atom. The minimum Gasteiger partial charge on any atom is -0.376 e. The second-order valence-electron chi connectivity index (χ2n) is 6.97. The molecule has 1 aromatic carbocycles. The van der Waals surface area contributed by atoms with Crippen LogP contribution in [0.2, 0.25) is 0 Å². The van der Waals surface area contributed by atoms with E-state index in [9.17, 15) is 9.59 Å². The van der Waals surface area contributed by atoms with Crippen molar-refractivity contribution >= 4 is 11.9 Å². The van der Waals surface area contributed by atoms with Gasteiger partial charge in [-0.2, -0.15) is 0 Å². The zero-order chi connectivity index (χ0) is 18.4. The smallest absolute Gasteiger partial charge is 0.315 e. The van der Waals surface area contributed by atoms with E-state index < -0.39 is 0 Å². The van der Waals surface area contributed by atoms with Crippen LogP contribution < -0.4 is 16.0 Å². The molecule has 6 heteroatoms. The van der Waals surface area contributed by atoms with Crippen LogP contribution in [0.4, 0.5) is 4.79 Å². The van der Waals surface area contributed by atoms with Gasteiger partial charge in [0.1, 0.15) is 0 Å². The first-order valence-electron chi connectivity index (χ1n) is 8.91. The lowest BCUT2D eigenvalue weighted by Gasteiger charge is -2.28. The van der Waals surface area contributed by atoms with Crippen LogP contribution in [0, 0.1) is 0 Å². The molecule has 0 unspecified atom stereocenters. The van der Waals surface area contributed by atoms with Gasteiger partial charge < -0.3 is 20.7 Å². The van der Waals surface area contributed by atoms with Gasteiger partial charge in [-0.1, -0.05) is 19.1 Å². The van der Waals surface area contributed by atoms with E-state index in [1.807, 2.05) is 39.8 Å². The summed E-state index contributed by atoms with van der Waals surface area (Å²) in [5.74, 6) is -0.0925. The Kier molecular flexibility index (Phi) is 6.42. The summed E-state index contributed by atoms with van der Waals surface area (Å²) in [6.07, 6.45) is 1.67. The fourth-order valence-electron chi connectivity index (χ4n) is 2.72. The Balaban J connectivity index is 1.89. The van der Waals surface area contributed by atoms with Crippen LogP contribution in [0.3, 0.4) is 0 Å². The molecule has 1 aliphatic heterocycles. The van der Waals surface area contributed by atoms with Crippen molar-refractivity contribution in [1.82, 2.24) is 16.0 Å². The molecule has 25 heavy (non-hydrogen) atoms. The van der Waals surface area contributed by atoms with E-state index in [1.54, 1.807) is 12.1 Å². The number of ether oxygens (including phenoxy) is 1. The summed E-state index contributed by atoms with van der Waals surface area (Å²) in [6.45, 7) is 8.98. The number of benzene rings is 1. The first-order valence-corrected chi connectivity index (χ1v) is 8.91. The minimum atomic E-state index is -0.345. The summed E-state index contributed by atoms with van der Waals surface area (Å²) in [7, 11) is 0. The van der Waals surface area contributed by atoms with E-state index in [4.69, 9.17) is 4.74 Å². The van der Waals surface area contributed by atoms with Gasteiger partial charge in [-0.05, 0) is 51.3 Å². The molecule has 0 radical (unpaired) electrons. The lowest BCUT2D eigenvalue weighted by atomic mass is 9.95. The maximum absolute atomic E-state index is 12.2. The zero-order valence-corrected chi connectivity index (χ0v) is 15.5. The van der Waals surface area contributed by atoms with Gasteiger partial charge >= 0.3 is 6.03 Å². The Morgan fingerprint density at radius 1 is 1.40 bits per heavy atom. The molecule has 0 spiro atoms. The summed E-state index contributed by atoms with van der Waals surface area (Å²) in [5.41, 5.74) is 1.14. The van der Waals surface area contributed by atoms with E-state index in [2.05, 4.69) is 16.0 Å². The highest BCUT2D eigenvalue weighted by Crippen LogP contribution is 2.24. The van der Waals surface area contributed by atoms with E-state index in [-0.39, 0.29) is 29.6 Å². The van der Waals surface area contributed by atoms with E-state index in [0.717, 1.165) is 18.4 Å². The molecule has 0 aliphatic carbocycles. The van der Waals surface area contributed by atoms with Crippen LogP contribution in [0.5, 0.6) is 0 Å². The molecule has 1 saturated heterocycles. The van der Waals surface area contributed by atoms with Gasteiger partial charge in [0.05, 0.1) is 11.6 Å². The van der Waals surface area contributed by atoms with Crippen molar-refractivity contribution in [2.75, 3.05) is 6.61 Å². The average molecular weight is 347 g/mol. The zero-order valence-electron chi connectivity index (χ0n) is 15.5. The van der Waals surface area contributed by atoms with Crippen molar-refractivity contribution in [3.8, 4) is 0 Å². The lowest BCUT2D eigenvalue weighted by molar-refractivity contribution is 0.0911. The van der Waals surface area contributed by atoms with Crippen molar-refractivity contribution < 1.29 is 14.3 Å². The largest absolute Gasteiger partial charge is 0.376 e. The molecule has 1 aromatic rings. The summed E-state index contributed by atoms with van der Waals surface area (Å²) < 4.78 is 5.53. The minimum absolute atomic E-state index is 0.00849. The molecule has 3 atom stereocenters. The predicted octanol–water partition coefficient (Wildman–Crippen LogP) is 2.58. The van der Waals surface area contributed by atoms with Crippen LogP contribution in [-0.4, -0.2) is 36.2 Å². The van der Waals surface area contributed by atoms with Gasteiger partial charge in [-0.25, -0.2) is 4.79 Å². The first kappa shape index (κ1) is 19.2. The predicted molar refractivity (Wildman–Crippen MR) is 97.5 cm³/mol. The second kappa shape index (κ2) is 8.34. The van der Waals surface area contributed by atoms with E-state index in [1.165, 1.54) is 0 Å². The van der Waals surface area contributed by atoms with Crippen molar-refractivity contribution in [3.05, 3.63) is 35.4 Å². The summed E-state index contributed by atoms with van der Waals surface area (Å²) in [5, 5.41) is 8.79. The molecular weight excluding hydrogens is 318 g/mol. The number of nitrogens with one attached hydrogen (secondary N) is 3. The third-order valence-corrected chi connectivity index (χ3v) is 4.92. The number of hydrogen-bond donors (Lipinski definition) is 3. The van der Waals surface area contributed by atoms with Gasteiger partial charge in [-0.3, -0.25) is 4.79 Å². The Labute approximate surface area is 149 Å². The molecule has 3 N–H and O–H groups in total. The van der Waals surface area contributed by atoms with Gasteiger partial charge in [0, 0.05) is 24.8 Å². The van der Waals surface area contributed by atoms with Crippen LogP contribution in [0.15, 0.2) is 24.3 Å². The molecule has 138 valence electrons. The van der Waals surface area contributed by atoms with Crippen LogP contribution in [-0.2, 0) is 11.3 Å². The van der Waals surface area contributed by atoms with Crippen molar-refractivity contribution in [2.45, 2.75) is 64.8 Å². The highest BCUT2D eigenvalue weighted by atomic mass is 16.5. The molecule has 2 rings (SSSR count). The molecule has 0 saturated carbocycles. The molecule has 3 amide bonds. The topological polar surface area (TPSA) is 79.5 Å². The number of hydrogen-bond acceptors (Lipinski definition) is 3. The number of carbonyl (C=O) groups is 2. The normalized spacial score (nSPS) is 23.8. The monoisotopic (exact) mass is 347 g/mol. The summed E-state index contributed by atoms with van der Waals surface area (Å²) in [6, 6.07) is 7.21. The number of carbonyl (C=O) groups excluding carboxylic acids is 2. The van der Waals surface area contributed by atoms with Gasteiger partial charge in [0.2, 0.25) is 0 Å². The van der Waals surface area contributed by atoms with Crippen molar-refractivity contribution in [2.24, 2.45) is 0 Å². The molecule has 1 fully saturated rings. The van der Waals surface area contributed by atoms with Gasteiger partial charge in [0.15, 0.2) is 0 Å². The lowest BCUT2D eigenvalue weighted by Crippen LogP contribution is -2.53. The van der Waals surface area contributed by atoms with Crippen molar-refractivity contribution in [1.29, 1.82) is 0 Å². The fraction of sp³-hybridized carbons (Fsp3) is 0.579. The molecule has 1 aliphatic rings. The fourth-order valence-corrected chi connectivity index (χ4v) is 2.72. The average Bonchev–Trinajstić information content (AvgIpc) is 2.91. The standard InChI is InChI=1S/C19H29N3O3/c1-5-13(2)21-17(23)16-8-6-7-15(11-16)12-20-18(24)22-19(4)9-10-25-14(19)3/h6-8,11,13-14H,5,9-10,12H2,1-4H3,(H,21,23)(H2,20,22,24)/t13-,14+,19-/m0/s1. The Morgan fingerprint density at radius 2 is 2.16 bits per heavy atom. The maximum Gasteiger partial charge on any atom is 0.315 e. The Hall–Kier alpha value is -2.08. The van der Waals surface area contributed by atoms with E-state index in [0.29, 0.717) is 18.7 Å². The second-order valence-corrected chi connectivity index (χ2v) is 6.97. The molecule has 1 heterocycles. The number of urea groups is 1. The quantitative estimate of drug-likeness (QED) is 0.740. The maximum atomic E-state index is 12.2. The first-order chi connectivity index (χ1) is 11.8. The third-order valence-electron chi connectivity index (χ3n) is 4.92. The van der Waals surface area contributed by atoms with Crippen LogP contribution in [0.1, 0.15) is 56.5 Å². The number of rotatable bonds is 6. The summed E-state index contributed by atoms with van der Waals surface area (Å²) >= 11 is 0. The molecular formula is C19H29N3O3. The highest BCUT2D eigenvalue weighted by Gasteiger charge is 2.38. The molecule has 0 bridgehead atoms. The van der Waals surface area contributed by atoms with E-state index >= 15 is 0 Å². The van der Waals surface area contributed by atoms with Gasteiger partial charge in [0.25, 0.3) is 5.91 Å². The summed E-state index contributed by atoms with van der Waals surface area (Å²) in [4.78, 5) is 24.4. The van der Waals surface area contributed by atoms with Crippen LogP contribution >= 0.6 is 0 Å². The SMILES string of the molecule is CC[C@H](C)NC(=O)c1cccc(CNC(=O)N[C@@]2(C)CCO[C@@H]2C)c1. The Bertz CT molecular complexity index is 620. The van der Waals surface area contributed by atoms with Crippen molar-refractivity contribution in [3.63, 3.8) is 0 Å². The molecule has 6 nitrogen and oxygen atoms in total. The van der Waals surface area contributed by atoms with Gasteiger partial charge in [-0.15, -0.1) is 0 Å². The third kappa shape index (κ3) is 5.19. The number of amides is 3. The highest BCUT2D eigenvalue weighted by molar-refractivity contribution is 5.94. The van der Waals surface area contributed by atoms with Crippen LogP contribution in [0.25, 0.3) is 0 Å². The molecule has 0 aromatic heterocycles.